The van der Waals surface area contributed by atoms with E-state index in [0.29, 0.717) is 13.0 Å². The van der Waals surface area contributed by atoms with Gasteiger partial charge in [0.05, 0.1) is 12.5 Å². The van der Waals surface area contributed by atoms with Crippen molar-refractivity contribution >= 4 is 11.8 Å². The Balaban J connectivity index is 2.67. The molecule has 20 heavy (non-hydrogen) atoms. The predicted octanol–water partition coefficient (Wildman–Crippen LogP) is 2.40. The van der Waals surface area contributed by atoms with Crippen LogP contribution in [0.2, 0.25) is 0 Å². The fraction of sp³-hybridized carbons (Fsp3) is 0.500. The number of carbonyl (C=O) groups excluding carboxylic acids is 2. The van der Waals surface area contributed by atoms with Crippen LogP contribution in [0.1, 0.15) is 25.3 Å². The smallest absolute Gasteiger partial charge is 0.309 e. The number of methoxy groups -OCH3 is 1. The molecule has 1 aromatic rings. The van der Waals surface area contributed by atoms with Gasteiger partial charge in [0, 0.05) is 13.5 Å². The van der Waals surface area contributed by atoms with Crippen molar-refractivity contribution in [2.24, 2.45) is 5.92 Å². The highest BCUT2D eigenvalue weighted by atomic mass is 16.5. The molecule has 0 aromatic heterocycles. The topological polar surface area (TPSA) is 52.6 Å². The zero-order chi connectivity index (χ0) is 14.8. The number of carbonyl (C=O) groups is 2. The molecule has 0 saturated heterocycles. The summed E-state index contributed by atoms with van der Waals surface area (Å²) in [5, 5.41) is 0. The second kappa shape index (κ2) is 9.26. The van der Waals surface area contributed by atoms with Crippen molar-refractivity contribution < 1.29 is 19.1 Å². The molecular weight excluding hydrogens is 256 g/mol. The second-order valence-electron chi connectivity index (χ2n) is 4.73. The standard InChI is InChI=1S/C16H22O4/c1-3-9-20-16(18)14(11-15(17)12-19-2)10-13-7-5-4-6-8-13/h4-8,14H,3,9-12H2,1-2H3. The Labute approximate surface area is 120 Å². The molecule has 1 rings (SSSR count). The number of esters is 1. The van der Waals surface area contributed by atoms with Gasteiger partial charge < -0.3 is 9.47 Å². The molecule has 0 radical (unpaired) electrons. The van der Waals surface area contributed by atoms with E-state index in [1.165, 1.54) is 7.11 Å². The molecule has 0 fully saturated rings. The summed E-state index contributed by atoms with van der Waals surface area (Å²) in [5.41, 5.74) is 1.02. The first-order valence-corrected chi connectivity index (χ1v) is 6.88. The van der Waals surface area contributed by atoms with Gasteiger partial charge in [-0.2, -0.15) is 0 Å². The van der Waals surface area contributed by atoms with E-state index in [1.54, 1.807) is 0 Å². The number of ether oxygens (including phenoxy) is 2. The van der Waals surface area contributed by atoms with Crippen molar-refractivity contribution in [2.45, 2.75) is 26.2 Å². The van der Waals surface area contributed by atoms with Crippen molar-refractivity contribution in [1.82, 2.24) is 0 Å². The first-order chi connectivity index (χ1) is 9.67. The summed E-state index contributed by atoms with van der Waals surface area (Å²) in [4.78, 5) is 23.7. The van der Waals surface area contributed by atoms with Gasteiger partial charge in [0.25, 0.3) is 0 Å². The van der Waals surface area contributed by atoms with Crippen LogP contribution in [0.5, 0.6) is 0 Å². The monoisotopic (exact) mass is 278 g/mol. The van der Waals surface area contributed by atoms with Gasteiger partial charge in [-0.3, -0.25) is 9.59 Å². The molecule has 0 saturated carbocycles. The van der Waals surface area contributed by atoms with Crippen LogP contribution in [-0.2, 0) is 25.5 Å². The van der Waals surface area contributed by atoms with Crippen LogP contribution in [0, 0.1) is 5.92 Å². The Kier molecular flexibility index (Phi) is 7.58. The molecule has 0 spiro atoms. The highest BCUT2D eigenvalue weighted by Gasteiger charge is 2.23. The normalized spacial score (nSPS) is 11.9. The van der Waals surface area contributed by atoms with Crippen LogP contribution in [0.3, 0.4) is 0 Å². The highest BCUT2D eigenvalue weighted by Crippen LogP contribution is 2.15. The van der Waals surface area contributed by atoms with Gasteiger partial charge in [-0.1, -0.05) is 37.3 Å². The van der Waals surface area contributed by atoms with Crippen molar-refractivity contribution in [1.29, 1.82) is 0 Å². The van der Waals surface area contributed by atoms with Crippen LogP contribution >= 0.6 is 0 Å². The van der Waals surface area contributed by atoms with Crippen LogP contribution in [0.4, 0.5) is 0 Å². The van der Waals surface area contributed by atoms with E-state index in [0.717, 1.165) is 12.0 Å². The minimum Gasteiger partial charge on any atom is -0.465 e. The van der Waals surface area contributed by atoms with E-state index in [4.69, 9.17) is 9.47 Å². The summed E-state index contributed by atoms with van der Waals surface area (Å²) in [7, 11) is 1.47. The summed E-state index contributed by atoms with van der Waals surface area (Å²) in [6, 6.07) is 9.65. The molecule has 0 heterocycles. The maximum absolute atomic E-state index is 12.0. The maximum Gasteiger partial charge on any atom is 0.309 e. The quantitative estimate of drug-likeness (QED) is 0.651. The zero-order valence-electron chi connectivity index (χ0n) is 12.1. The van der Waals surface area contributed by atoms with Crippen LogP contribution < -0.4 is 0 Å². The molecule has 1 unspecified atom stereocenters. The third-order valence-corrected chi connectivity index (χ3v) is 2.89. The summed E-state index contributed by atoms with van der Waals surface area (Å²) >= 11 is 0. The number of benzene rings is 1. The maximum atomic E-state index is 12.0. The predicted molar refractivity (Wildman–Crippen MR) is 76.4 cm³/mol. The number of rotatable bonds is 9. The molecule has 0 aliphatic heterocycles. The van der Waals surface area contributed by atoms with E-state index < -0.39 is 5.92 Å². The number of hydrogen-bond acceptors (Lipinski definition) is 4. The summed E-state index contributed by atoms with van der Waals surface area (Å²) < 4.78 is 9.99. The molecule has 1 aromatic carbocycles. The van der Waals surface area contributed by atoms with E-state index in [9.17, 15) is 9.59 Å². The lowest BCUT2D eigenvalue weighted by molar-refractivity contribution is -0.150. The van der Waals surface area contributed by atoms with Gasteiger partial charge in [0.2, 0.25) is 0 Å². The SMILES string of the molecule is CCCOC(=O)C(CC(=O)COC)Cc1ccccc1. The van der Waals surface area contributed by atoms with E-state index in [1.807, 2.05) is 37.3 Å². The third-order valence-electron chi connectivity index (χ3n) is 2.89. The van der Waals surface area contributed by atoms with Gasteiger partial charge in [0.1, 0.15) is 6.61 Å². The molecule has 0 amide bonds. The minimum atomic E-state index is -0.438. The van der Waals surface area contributed by atoms with Crippen molar-refractivity contribution in [3.8, 4) is 0 Å². The van der Waals surface area contributed by atoms with Crippen LogP contribution in [0.25, 0.3) is 0 Å². The highest BCUT2D eigenvalue weighted by molar-refractivity contribution is 5.85. The third kappa shape index (κ3) is 5.97. The van der Waals surface area contributed by atoms with Crippen LogP contribution in [-0.4, -0.2) is 32.1 Å². The lowest BCUT2D eigenvalue weighted by atomic mass is 9.94. The minimum absolute atomic E-state index is 0.0341. The van der Waals surface area contributed by atoms with Crippen molar-refractivity contribution in [3.05, 3.63) is 35.9 Å². The lowest BCUT2D eigenvalue weighted by Gasteiger charge is -2.15. The van der Waals surface area contributed by atoms with Gasteiger partial charge >= 0.3 is 5.97 Å². The molecule has 110 valence electrons. The number of Topliss-reactive ketones (excluding diaryl/α,β-unsaturated/α-hetero) is 1. The van der Waals surface area contributed by atoms with Gasteiger partial charge in [0.15, 0.2) is 5.78 Å². The van der Waals surface area contributed by atoms with Crippen LogP contribution in [0.15, 0.2) is 30.3 Å². The van der Waals surface area contributed by atoms with E-state index in [2.05, 4.69) is 0 Å². The summed E-state index contributed by atoms with van der Waals surface area (Å²) in [6.45, 7) is 2.37. The Morgan fingerprint density at radius 3 is 2.50 bits per heavy atom. The van der Waals surface area contributed by atoms with Gasteiger partial charge in [-0.05, 0) is 18.4 Å². The first-order valence-electron chi connectivity index (χ1n) is 6.88. The molecule has 0 bridgehead atoms. The number of ketones is 1. The second-order valence-corrected chi connectivity index (χ2v) is 4.73. The lowest BCUT2D eigenvalue weighted by Crippen LogP contribution is -2.25. The molecule has 4 heteroatoms. The summed E-state index contributed by atoms with van der Waals surface area (Å²) in [6.07, 6.45) is 1.44. The Morgan fingerprint density at radius 1 is 1.20 bits per heavy atom. The van der Waals surface area contributed by atoms with E-state index >= 15 is 0 Å². The van der Waals surface area contributed by atoms with Crippen molar-refractivity contribution in [3.63, 3.8) is 0 Å². The molecular formula is C16H22O4. The molecule has 0 aliphatic rings. The molecule has 0 aliphatic carbocycles. The van der Waals surface area contributed by atoms with Gasteiger partial charge in [-0.15, -0.1) is 0 Å². The Hall–Kier alpha value is -1.68. The average Bonchev–Trinajstić information content (AvgIpc) is 2.45. The first kappa shape index (κ1) is 16.4. The molecule has 0 N–H and O–H groups in total. The fourth-order valence-electron chi connectivity index (χ4n) is 1.95. The van der Waals surface area contributed by atoms with E-state index in [-0.39, 0.29) is 24.8 Å². The molecule has 1 atom stereocenters. The fourth-order valence-corrected chi connectivity index (χ4v) is 1.95. The Morgan fingerprint density at radius 2 is 1.90 bits per heavy atom. The summed E-state index contributed by atoms with van der Waals surface area (Å²) in [5.74, 6) is -0.825. The Bertz CT molecular complexity index is 414. The zero-order valence-corrected chi connectivity index (χ0v) is 12.1. The molecule has 4 nitrogen and oxygen atoms in total. The largest absolute Gasteiger partial charge is 0.465 e. The van der Waals surface area contributed by atoms with Gasteiger partial charge in [-0.25, -0.2) is 0 Å². The number of hydrogen-bond donors (Lipinski definition) is 0. The average molecular weight is 278 g/mol. The van der Waals surface area contributed by atoms with Crippen molar-refractivity contribution in [2.75, 3.05) is 20.3 Å².